The summed E-state index contributed by atoms with van der Waals surface area (Å²) in [4.78, 5) is 10.2. The lowest BCUT2D eigenvalue weighted by Gasteiger charge is -2.09. The van der Waals surface area contributed by atoms with Crippen molar-refractivity contribution in [2.24, 2.45) is 0 Å². The lowest BCUT2D eigenvalue weighted by atomic mass is 10.3. The van der Waals surface area contributed by atoms with Crippen molar-refractivity contribution < 1.29 is 4.74 Å². The van der Waals surface area contributed by atoms with Gasteiger partial charge >= 0.3 is 0 Å². The first-order valence-corrected chi connectivity index (χ1v) is 7.59. The van der Waals surface area contributed by atoms with Gasteiger partial charge in [0.15, 0.2) is 5.82 Å². The Balaban J connectivity index is 1.94. The first-order chi connectivity index (χ1) is 9.81. The molecule has 0 aliphatic heterocycles. The molecule has 0 bridgehead atoms. The summed E-state index contributed by atoms with van der Waals surface area (Å²) in [5, 5.41) is 8.47. The predicted molar refractivity (Wildman–Crippen MR) is 83.4 cm³/mol. The summed E-state index contributed by atoms with van der Waals surface area (Å²) in [6.07, 6.45) is 0.997. The number of hydrogen-bond donors (Lipinski definition) is 2. The van der Waals surface area contributed by atoms with Crippen molar-refractivity contribution in [2.45, 2.75) is 20.0 Å². The van der Waals surface area contributed by atoms with Gasteiger partial charge in [0, 0.05) is 31.1 Å². The highest BCUT2D eigenvalue weighted by Gasteiger charge is 2.04. The fourth-order valence-corrected chi connectivity index (χ4v) is 2.45. The number of aromatic nitrogens is 2. The van der Waals surface area contributed by atoms with Crippen LogP contribution in [-0.4, -0.2) is 30.2 Å². The molecule has 0 saturated heterocycles. The van der Waals surface area contributed by atoms with Crippen molar-refractivity contribution in [1.29, 1.82) is 0 Å². The van der Waals surface area contributed by atoms with Crippen LogP contribution in [0.25, 0.3) is 0 Å². The first kappa shape index (κ1) is 14.7. The lowest BCUT2D eigenvalue weighted by Crippen LogP contribution is -2.09. The van der Waals surface area contributed by atoms with Gasteiger partial charge in [-0.05, 0) is 24.8 Å². The third-order valence-corrected chi connectivity index (χ3v) is 3.66. The van der Waals surface area contributed by atoms with Crippen molar-refractivity contribution in [3.63, 3.8) is 0 Å². The molecule has 0 atom stereocenters. The molecular weight excluding hydrogens is 272 g/mol. The summed E-state index contributed by atoms with van der Waals surface area (Å²) in [7, 11) is 1.85. The number of thiophene rings is 1. The minimum atomic E-state index is 0.436. The molecule has 0 aliphatic rings. The smallest absolute Gasteiger partial charge is 0.158 e. The molecule has 0 amide bonds. The third kappa shape index (κ3) is 4.47. The summed E-state index contributed by atoms with van der Waals surface area (Å²) in [5.41, 5.74) is 0. The second-order valence-electron chi connectivity index (χ2n) is 4.20. The molecule has 0 aliphatic carbocycles. The van der Waals surface area contributed by atoms with Crippen molar-refractivity contribution in [1.82, 2.24) is 9.97 Å². The average Bonchev–Trinajstić information content (AvgIpc) is 2.98. The molecule has 0 radical (unpaired) electrons. The van der Waals surface area contributed by atoms with Crippen LogP contribution >= 0.6 is 11.3 Å². The van der Waals surface area contributed by atoms with E-state index < -0.39 is 0 Å². The van der Waals surface area contributed by atoms with Gasteiger partial charge in [0.05, 0.1) is 0 Å². The van der Waals surface area contributed by atoms with Gasteiger partial charge in [-0.2, -0.15) is 0 Å². The van der Waals surface area contributed by atoms with Gasteiger partial charge in [0.2, 0.25) is 0 Å². The van der Waals surface area contributed by atoms with E-state index in [2.05, 4.69) is 38.1 Å². The summed E-state index contributed by atoms with van der Waals surface area (Å²) in [6, 6.07) is 6.12. The van der Waals surface area contributed by atoms with Gasteiger partial charge in [-0.1, -0.05) is 6.07 Å². The van der Waals surface area contributed by atoms with Gasteiger partial charge in [0.25, 0.3) is 0 Å². The molecule has 6 heteroatoms. The van der Waals surface area contributed by atoms with Crippen molar-refractivity contribution in [3.8, 4) is 0 Å². The molecule has 0 saturated carbocycles. The molecule has 20 heavy (non-hydrogen) atoms. The van der Waals surface area contributed by atoms with Crippen LogP contribution in [0.15, 0.2) is 23.6 Å². The molecule has 2 rings (SSSR count). The molecule has 0 spiro atoms. The maximum Gasteiger partial charge on any atom is 0.158 e. The van der Waals surface area contributed by atoms with E-state index in [0.29, 0.717) is 19.0 Å². The van der Waals surface area contributed by atoms with Crippen molar-refractivity contribution in [3.05, 3.63) is 34.3 Å². The Morgan fingerprint density at radius 2 is 2.15 bits per heavy atom. The highest BCUT2D eigenvalue weighted by Crippen LogP contribution is 2.13. The Labute approximate surface area is 123 Å². The summed E-state index contributed by atoms with van der Waals surface area (Å²) < 4.78 is 5.36. The zero-order valence-corrected chi connectivity index (χ0v) is 12.7. The second-order valence-corrected chi connectivity index (χ2v) is 5.23. The first-order valence-electron chi connectivity index (χ1n) is 6.71. The summed E-state index contributed by atoms with van der Waals surface area (Å²) in [5.74, 6) is 2.32. The van der Waals surface area contributed by atoms with Crippen LogP contribution in [0.2, 0.25) is 0 Å². The SMILES string of the molecule is CCOCc1nc(NC)cc(NCCc2cccs2)n1. The van der Waals surface area contributed by atoms with Gasteiger partial charge in [-0.15, -0.1) is 11.3 Å². The third-order valence-electron chi connectivity index (χ3n) is 2.72. The van der Waals surface area contributed by atoms with Crippen LogP contribution in [0.1, 0.15) is 17.6 Å². The van der Waals surface area contributed by atoms with Gasteiger partial charge < -0.3 is 15.4 Å². The van der Waals surface area contributed by atoms with Gasteiger partial charge in [-0.3, -0.25) is 0 Å². The Hall–Kier alpha value is -1.66. The van der Waals surface area contributed by atoms with Crippen LogP contribution in [0.4, 0.5) is 11.6 Å². The Bertz CT molecular complexity index is 516. The van der Waals surface area contributed by atoms with Gasteiger partial charge in [-0.25, -0.2) is 9.97 Å². The number of rotatable bonds is 8. The second kappa shape index (κ2) is 7.81. The number of nitrogens with one attached hydrogen (secondary N) is 2. The molecule has 2 aromatic rings. The monoisotopic (exact) mass is 292 g/mol. The maximum absolute atomic E-state index is 5.36. The minimum Gasteiger partial charge on any atom is -0.374 e. The molecule has 2 heterocycles. The van der Waals surface area contributed by atoms with Crippen LogP contribution in [0, 0.1) is 0 Å². The average molecular weight is 292 g/mol. The normalized spacial score (nSPS) is 10.5. The van der Waals surface area contributed by atoms with E-state index in [1.165, 1.54) is 4.88 Å². The highest BCUT2D eigenvalue weighted by molar-refractivity contribution is 7.09. The van der Waals surface area contributed by atoms with Crippen molar-refractivity contribution in [2.75, 3.05) is 30.8 Å². The van der Waals surface area contributed by atoms with Crippen molar-refractivity contribution >= 4 is 23.0 Å². The fraction of sp³-hybridized carbons (Fsp3) is 0.429. The zero-order valence-electron chi connectivity index (χ0n) is 11.8. The van der Waals surface area contributed by atoms with Crippen LogP contribution in [-0.2, 0) is 17.8 Å². The van der Waals surface area contributed by atoms with E-state index in [1.54, 1.807) is 11.3 Å². The van der Waals surface area contributed by atoms with E-state index in [9.17, 15) is 0 Å². The largest absolute Gasteiger partial charge is 0.374 e. The van der Waals surface area contributed by atoms with Crippen LogP contribution in [0.3, 0.4) is 0 Å². The van der Waals surface area contributed by atoms with Gasteiger partial charge in [0.1, 0.15) is 18.2 Å². The van der Waals surface area contributed by atoms with Crippen LogP contribution < -0.4 is 10.6 Å². The summed E-state index contributed by atoms with van der Waals surface area (Å²) in [6.45, 7) is 3.91. The number of hydrogen-bond acceptors (Lipinski definition) is 6. The molecule has 0 fully saturated rings. The van der Waals surface area contributed by atoms with E-state index in [4.69, 9.17) is 4.74 Å². The zero-order chi connectivity index (χ0) is 14.2. The van der Waals surface area contributed by atoms with E-state index in [1.807, 2.05) is 20.0 Å². The van der Waals surface area contributed by atoms with E-state index in [0.717, 1.165) is 24.6 Å². The standard InChI is InChI=1S/C14H20N4OS/c1-3-19-10-14-17-12(15-2)9-13(18-14)16-7-6-11-5-4-8-20-11/h4-5,8-9H,3,6-7,10H2,1-2H3,(H2,15,16,17,18). The summed E-state index contributed by atoms with van der Waals surface area (Å²) >= 11 is 1.77. The Morgan fingerprint density at radius 3 is 2.85 bits per heavy atom. The minimum absolute atomic E-state index is 0.436. The quantitative estimate of drug-likeness (QED) is 0.783. The molecule has 2 N–H and O–H groups in total. The predicted octanol–water partition coefficient (Wildman–Crippen LogP) is 2.77. The van der Waals surface area contributed by atoms with Crippen LogP contribution in [0.5, 0.6) is 0 Å². The lowest BCUT2D eigenvalue weighted by molar-refractivity contribution is 0.128. The van der Waals surface area contributed by atoms with E-state index >= 15 is 0 Å². The Morgan fingerprint density at radius 1 is 1.30 bits per heavy atom. The number of anilines is 2. The molecule has 108 valence electrons. The fourth-order valence-electron chi connectivity index (χ4n) is 1.74. The molecule has 0 aromatic carbocycles. The Kier molecular flexibility index (Phi) is 5.76. The molecule has 0 unspecified atom stereocenters. The molecular formula is C14H20N4OS. The number of ether oxygens (including phenoxy) is 1. The molecule has 2 aromatic heterocycles. The topological polar surface area (TPSA) is 59.1 Å². The molecule has 5 nitrogen and oxygen atoms in total. The highest BCUT2D eigenvalue weighted by atomic mass is 32.1. The maximum atomic E-state index is 5.36. The van der Waals surface area contributed by atoms with E-state index in [-0.39, 0.29) is 0 Å². The number of nitrogens with zero attached hydrogens (tertiary/aromatic N) is 2.